The molecule has 0 fully saturated rings. The van der Waals surface area contributed by atoms with Crippen LogP contribution in [0.1, 0.15) is 31.4 Å². The highest BCUT2D eigenvalue weighted by molar-refractivity contribution is 9.10. The number of nitrogens with zero attached hydrogens (tertiary/aromatic N) is 2. The summed E-state index contributed by atoms with van der Waals surface area (Å²) in [5, 5.41) is 3.20. The lowest BCUT2D eigenvalue weighted by atomic mass is 10.1. The predicted octanol–water partition coefficient (Wildman–Crippen LogP) is 4.12. The van der Waals surface area contributed by atoms with E-state index in [-0.39, 0.29) is 18.1 Å². The van der Waals surface area contributed by atoms with Gasteiger partial charge in [0.1, 0.15) is 12.6 Å². The quantitative estimate of drug-likeness (QED) is 0.475. The first-order chi connectivity index (χ1) is 15.4. The molecule has 0 radical (unpaired) electrons. The fraction of sp³-hybridized carbons (Fsp3) is 0.391. The van der Waals surface area contributed by atoms with E-state index in [0.717, 1.165) is 32.6 Å². The first kappa shape index (κ1) is 27.1. The first-order valence-electron chi connectivity index (χ1n) is 10.5. The zero-order valence-electron chi connectivity index (χ0n) is 19.1. The normalized spacial score (nSPS) is 12.2. The van der Waals surface area contributed by atoms with Gasteiger partial charge >= 0.3 is 0 Å². The topological polar surface area (TPSA) is 86.8 Å². The number of benzene rings is 2. The average molecular weight is 559 g/mol. The molecular formula is C23H29BrClN3O4S. The number of sulfonamides is 1. The number of carbonyl (C=O) groups excluding carboxylic acids is 2. The molecule has 0 saturated heterocycles. The summed E-state index contributed by atoms with van der Waals surface area (Å²) in [6.45, 7) is 5.54. The Hall–Kier alpha value is -2.10. The van der Waals surface area contributed by atoms with Crippen molar-refractivity contribution in [2.75, 3.05) is 23.7 Å². The molecule has 0 aliphatic carbocycles. The van der Waals surface area contributed by atoms with Crippen LogP contribution in [0.25, 0.3) is 0 Å². The second kappa shape index (κ2) is 11.9. The predicted molar refractivity (Wildman–Crippen MR) is 136 cm³/mol. The number of halogens is 2. The number of carbonyl (C=O) groups is 2. The molecule has 0 bridgehead atoms. The number of rotatable bonds is 10. The molecule has 0 saturated carbocycles. The highest BCUT2D eigenvalue weighted by Gasteiger charge is 2.30. The van der Waals surface area contributed by atoms with Gasteiger partial charge in [0.15, 0.2) is 0 Å². The number of nitrogens with one attached hydrogen (secondary N) is 1. The van der Waals surface area contributed by atoms with E-state index in [1.54, 1.807) is 26.0 Å². The molecule has 0 aliphatic rings. The van der Waals surface area contributed by atoms with E-state index < -0.39 is 28.5 Å². The van der Waals surface area contributed by atoms with E-state index in [0.29, 0.717) is 11.6 Å². The molecular weight excluding hydrogens is 530 g/mol. The zero-order chi connectivity index (χ0) is 24.8. The Morgan fingerprint density at radius 3 is 2.45 bits per heavy atom. The van der Waals surface area contributed by atoms with Gasteiger partial charge in [-0.15, -0.1) is 0 Å². The van der Waals surface area contributed by atoms with E-state index in [1.807, 2.05) is 31.2 Å². The molecule has 10 heteroatoms. The van der Waals surface area contributed by atoms with E-state index in [2.05, 4.69) is 21.2 Å². The zero-order valence-corrected chi connectivity index (χ0v) is 22.3. The molecule has 0 aromatic heterocycles. The lowest BCUT2D eigenvalue weighted by molar-refractivity contribution is -0.139. The van der Waals surface area contributed by atoms with E-state index in [4.69, 9.17) is 11.6 Å². The molecule has 2 amide bonds. The average Bonchev–Trinajstić information content (AvgIpc) is 2.74. The minimum atomic E-state index is -3.80. The second-order valence-electron chi connectivity index (χ2n) is 7.82. The van der Waals surface area contributed by atoms with Crippen LogP contribution >= 0.6 is 27.5 Å². The fourth-order valence-electron chi connectivity index (χ4n) is 3.16. The van der Waals surface area contributed by atoms with Gasteiger partial charge in [0.25, 0.3) is 0 Å². The molecule has 7 nitrogen and oxygen atoms in total. The van der Waals surface area contributed by atoms with Crippen LogP contribution in [-0.2, 0) is 26.2 Å². The fourth-order valence-corrected chi connectivity index (χ4v) is 4.62. The highest BCUT2D eigenvalue weighted by Crippen LogP contribution is 2.25. The van der Waals surface area contributed by atoms with Crippen LogP contribution < -0.4 is 9.62 Å². The Bertz CT molecular complexity index is 1110. The summed E-state index contributed by atoms with van der Waals surface area (Å²) >= 11 is 9.61. The first-order valence-corrected chi connectivity index (χ1v) is 13.5. The molecule has 180 valence electrons. The monoisotopic (exact) mass is 557 g/mol. The molecule has 1 N–H and O–H groups in total. The third kappa shape index (κ3) is 7.72. The molecule has 0 aliphatic heterocycles. The largest absolute Gasteiger partial charge is 0.354 e. The maximum Gasteiger partial charge on any atom is 0.244 e. The Kier molecular flexibility index (Phi) is 9.75. The van der Waals surface area contributed by atoms with Crippen molar-refractivity contribution in [3.05, 3.63) is 63.1 Å². The molecule has 0 heterocycles. The Labute approximate surface area is 209 Å². The van der Waals surface area contributed by atoms with Crippen LogP contribution in [0.5, 0.6) is 0 Å². The third-order valence-electron chi connectivity index (χ3n) is 5.08. The Morgan fingerprint density at radius 2 is 1.88 bits per heavy atom. The minimum absolute atomic E-state index is 0.144. The van der Waals surface area contributed by atoms with Crippen LogP contribution in [-0.4, -0.2) is 50.5 Å². The maximum absolute atomic E-state index is 13.4. The number of hydrogen-bond donors (Lipinski definition) is 1. The summed E-state index contributed by atoms with van der Waals surface area (Å²) in [6.07, 6.45) is 1.79. The molecule has 33 heavy (non-hydrogen) atoms. The highest BCUT2D eigenvalue weighted by atomic mass is 79.9. The van der Waals surface area contributed by atoms with E-state index in [9.17, 15) is 18.0 Å². The van der Waals surface area contributed by atoms with Gasteiger partial charge in [-0.3, -0.25) is 13.9 Å². The summed E-state index contributed by atoms with van der Waals surface area (Å²) in [6, 6.07) is 11.4. The number of aryl methyl sites for hydroxylation is 1. The van der Waals surface area contributed by atoms with Crippen molar-refractivity contribution in [2.24, 2.45) is 0 Å². The summed E-state index contributed by atoms with van der Waals surface area (Å²) in [7, 11) is -3.80. The van der Waals surface area contributed by atoms with Gasteiger partial charge in [0, 0.05) is 22.6 Å². The smallest absolute Gasteiger partial charge is 0.244 e. The molecule has 1 atom stereocenters. The van der Waals surface area contributed by atoms with Crippen LogP contribution in [0.15, 0.2) is 46.9 Å². The maximum atomic E-state index is 13.4. The van der Waals surface area contributed by atoms with Crippen LogP contribution in [0.2, 0.25) is 5.02 Å². The lowest BCUT2D eigenvalue weighted by Crippen LogP contribution is -2.51. The number of amides is 2. The summed E-state index contributed by atoms with van der Waals surface area (Å²) in [5.74, 6) is -0.805. The van der Waals surface area contributed by atoms with Gasteiger partial charge in [0.2, 0.25) is 21.8 Å². The summed E-state index contributed by atoms with van der Waals surface area (Å²) in [5.41, 5.74) is 1.88. The Balaban J connectivity index is 2.39. The van der Waals surface area contributed by atoms with E-state index in [1.165, 1.54) is 11.0 Å². The Morgan fingerprint density at radius 1 is 1.18 bits per heavy atom. The van der Waals surface area contributed by atoms with Crippen molar-refractivity contribution in [3.8, 4) is 0 Å². The lowest BCUT2D eigenvalue weighted by Gasteiger charge is -2.31. The van der Waals surface area contributed by atoms with Gasteiger partial charge < -0.3 is 10.2 Å². The third-order valence-corrected chi connectivity index (χ3v) is 7.12. The SMILES string of the molecule is CCCNC(=O)[C@@H](C)N(Cc1cccc(Br)c1)C(=O)CN(c1ccc(C)c(Cl)c1)S(C)(=O)=O. The second-order valence-corrected chi connectivity index (χ2v) is 11.1. The summed E-state index contributed by atoms with van der Waals surface area (Å²) < 4.78 is 27.0. The van der Waals surface area contributed by atoms with Crippen molar-refractivity contribution in [1.29, 1.82) is 0 Å². The number of hydrogen-bond acceptors (Lipinski definition) is 4. The molecule has 2 rings (SSSR count). The van der Waals surface area contributed by atoms with Crippen LogP contribution in [0, 0.1) is 6.92 Å². The minimum Gasteiger partial charge on any atom is -0.354 e. The van der Waals surface area contributed by atoms with Crippen molar-refractivity contribution in [1.82, 2.24) is 10.2 Å². The van der Waals surface area contributed by atoms with Crippen LogP contribution in [0.4, 0.5) is 5.69 Å². The van der Waals surface area contributed by atoms with Gasteiger partial charge in [-0.2, -0.15) is 0 Å². The van der Waals surface area contributed by atoms with E-state index >= 15 is 0 Å². The van der Waals surface area contributed by atoms with Crippen molar-refractivity contribution in [3.63, 3.8) is 0 Å². The van der Waals surface area contributed by atoms with Gasteiger partial charge in [-0.05, 0) is 55.7 Å². The molecule has 2 aromatic carbocycles. The molecule has 2 aromatic rings. The van der Waals surface area contributed by atoms with Crippen molar-refractivity contribution < 1.29 is 18.0 Å². The standard InChI is InChI=1S/C23H29BrClN3O4S/c1-5-11-26-23(30)17(3)27(14-18-7-6-8-19(24)12-18)22(29)15-28(33(4,31)32)20-10-9-16(2)21(25)13-20/h6-10,12-13,17H,5,11,14-15H2,1-4H3,(H,26,30)/t17-/m1/s1. The molecule has 0 unspecified atom stereocenters. The van der Waals surface area contributed by atoms with Gasteiger partial charge in [0.05, 0.1) is 11.9 Å². The van der Waals surface area contributed by atoms with Crippen LogP contribution in [0.3, 0.4) is 0 Å². The summed E-state index contributed by atoms with van der Waals surface area (Å²) in [4.78, 5) is 27.5. The van der Waals surface area contributed by atoms with Crippen molar-refractivity contribution in [2.45, 2.75) is 39.8 Å². The number of anilines is 1. The molecule has 0 spiro atoms. The van der Waals surface area contributed by atoms with Gasteiger partial charge in [-0.1, -0.05) is 52.7 Å². The van der Waals surface area contributed by atoms with Crippen molar-refractivity contribution >= 4 is 55.1 Å². The van der Waals surface area contributed by atoms with Gasteiger partial charge in [-0.25, -0.2) is 8.42 Å².